The Morgan fingerprint density at radius 2 is 1.87 bits per heavy atom. The molecule has 4 rings (SSSR count). The van der Waals surface area contributed by atoms with Gasteiger partial charge in [-0.1, -0.05) is 24.3 Å². The second-order valence-electron chi connectivity index (χ2n) is 6.66. The van der Waals surface area contributed by atoms with Gasteiger partial charge >= 0.3 is 6.18 Å². The number of primary amides is 1. The second kappa shape index (κ2) is 7.55. The maximum atomic E-state index is 12.7. The van der Waals surface area contributed by atoms with Gasteiger partial charge in [-0.25, -0.2) is 0 Å². The van der Waals surface area contributed by atoms with E-state index in [1.165, 1.54) is 18.3 Å². The summed E-state index contributed by atoms with van der Waals surface area (Å²) < 4.78 is 43.8. The van der Waals surface area contributed by atoms with Gasteiger partial charge in [-0.15, -0.1) is 0 Å². The third kappa shape index (κ3) is 3.84. The first-order valence-corrected chi connectivity index (χ1v) is 8.98. The lowest BCUT2D eigenvalue weighted by Crippen LogP contribution is -2.13. The van der Waals surface area contributed by atoms with Crippen molar-refractivity contribution >= 4 is 16.8 Å². The first-order chi connectivity index (χ1) is 14.3. The number of carbonyl (C=O) groups excluding carboxylic acids is 1. The Labute approximate surface area is 169 Å². The number of nitrogens with zero attached hydrogens (tertiary/aromatic N) is 1. The van der Waals surface area contributed by atoms with Gasteiger partial charge in [0, 0.05) is 28.9 Å². The number of aromatic nitrogens is 2. The number of pyridine rings is 1. The van der Waals surface area contributed by atoms with Gasteiger partial charge in [-0.05, 0) is 41.5 Å². The van der Waals surface area contributed by atoms with Crippen molar-refractivity contribution in [2.75, 3.05) is 0 Å². The minimum atomic E-state index is -4.37. The molecule has 0 aliphatic carbocycles. The van der Waals surface area contributed by atoms with E-state index in [4.69, 9.17) is 10.5 Å². The minimum Gasteiger partial charge on any atom is -0.489 e. The zero-order chi connectivity index (χ0) is 21.3. The van der Waals surface area contributed by atoms with Crippen LogP contribution in [0.25, 0.3) is 22.0 Å². The largest absolute Gasteiger partial charge is 0.489 e. The molecule has 2 heterocycles. The number of carbonyl (C=O) groups is 1. The van der Waals surface area contributed by atoms with Crippen LogP contribution in [0, 0.1) is 0 Å². The molecule has 0 fully saturated rings. The van der Waals surface area contributed by atoms with Crippen LogP contribution < -0.4 is 10.5 Å². The molecule has 8 heteroatoms. The van der Waals surface area contributed by atoms with Crippen molar-refractivity contribution in [1.82, 2.24) is 9.97 Å². The van der Waals surface area contributed by atoms with Crippen molar-refractivity contribution in [3.05, 3.63) is 83.8 Å². The second-order valence-corrected chi connectivity index (χ2v) is 6.66. The van der Waals surface area contributed by atoms with Crippen LogP contribution in [0.15, 0.2) is 67.0 Å². The Bertz CT molecular complexity index is 1210. The van der Waals surface area contributed by atoms with Crippen molar-refractivity contribution < 1.29 is 22.7 Å². The fourth-order valence-electron chi connectivity index (χ4n) is 3.20. The van der Waals surface area contributed by atoms with E-state index in [-0.39, 0.29) is 12.3 Å². The predicted molar refractivity (Wildman–Crippen MR) is 106 cm³/mol. The van der Waals surface area contributed by atoms with Crippen LogP contribution in [0.2, 0.25) is 0 Å². The molecule has 0 radical (unpaired) electrons. The smallest absolute Gasteiger partial charge is 0.416 e. The average molecular weight is 411 g/mol. The van der Waals surface area contributed by atoms with Crippen LogP contribution in [-0.4, -0.2) is 15.9 Å². The van der Waals surface area contributed by atoms with Crippen molar-refractivity contribution in [3.8, 4) is 16.9 Å². The highest BCUT2D eigenvalue weighted by Gasteiger charge is 2.29. The summed E-state index contributed by atoms with van der Waals surface area (Å²) in [7, 11) is 0. The molecule has 4 aromatic rings. The molecular weight excluding hydrogens is 395 g/mol. The first-order valence-electron chi connectivity index (χ1n) is 8.98. The van der Waals surface area contributed by atoms with Gasteiger partial charge in [0.1, 0.15) is 18.1 Å². The molecular formula is C22H16F3N3O2. The molecule has 0 unspecified atom stereocenters. The molecule has 5 nitrogen and oxygen atoms in total. The lowest BCUT2D eigenvalue weighted by atomic mass is 10.0. The summed E-state index contributed by atoms with van der Waals surface area (Å²) in [6, 6.07) is 13.7. The van der Waals surface area contributed by atoms with Crippen molar-refractivity contribution in [1.29, 1.82) is 0 Å². The molecule has 2 aromatic heterocycles. The number of rotatable bonds is 5. The van der Waals surface area contributed by atoms with E-state index in [0.717, 1.165) is 28.8 Å². The lowest BCUT2D eigenvalue weighted by molar-refractivity contribution is -0.137. The highest BCUT2D eigenvalue weighted by atomic mass is 19.4. The van der Waals surface area contributed by atoms with Crippen LogP contribution in [0.1, 0.15) is 21.6 Å². The Hall–Kier alpha value is -3.81. The number of H-pyrrole nitrogens is 1. The molecule has 3 N–H and O–H groups in total. The molecule has 30 heavy (non-hydrogen) atoms. The average Bonchev–Trinajstić information content (AvgIpc) is 3.16. The number of hydrogen-bond donors (Lipinski definition) is 2. The van der Waals surface area contributed by atoms with E-state index < -0.39 is 17.6 Å². The van der Waals surface area contributed by atoms with Gasteiger partial charge in [0.25, 0.3) is 5.91 Å². The van der Waals surface area contributed by atoms with Gasteiger partial charge in [-0.2, -0.15) is 13.2 Å². The van der Waals surface area contributed by atoms with Gasteiger partial charge in [0.05, 0.1) is 5.56 Å². The van der Waals surface area contributed by atoms with Crippen molar-refractivity contribution in [2.24, 2.45) is 5.73 Å². The summed E-state index contributed by atoms with van der Waals surface area (Å²) in [6.45, 7) is 0.115. The number of aromatic amines is 1. The Balaban J connectivity index is 1.58. The van der Waals surface area contributed by atoms with Crippen LogP contribution in [-0.2, 0) is 12.8 Å². The highest BCUT2D eigenvalue weighted by molar-refractivity contribution is 6.09. The van der Waals surface area contributed by atoms with Crippen LogP contribution in [0.4, 0.5) is 13.2 Å². The van der Waals surface area contributed by atoms with E-state index in [9.17, 15) is 18.0 Å². The summed E-state index contributed by atoms with van der Waals surface area (Å²) in [5.41, 5.74) is 7.78. The summed E-state index contributed by atoms with van der Waals surface area (Å²) >= 11 is 0. The third-order valence-electron chi connectivity index (χ3n) is 4.66. The summed E-state index contributed by atoms with van der Waals surface area (Å²) in [6.07, 6.45) is -1.11. The Morgan fingerprint density at radius 3 is 2.57 bits per heavy atom. The predicted octanol–water partition coefficient (Wildman–Crippen LogP) is 4.93. The Kier molecular flexibility index (Phi) is 4.91. The number of fused-ring (bicyclic) bond motifs is 1. The molecule has 152 valence electrons. The molecule has 0 aliphatic heterocycles. The monoisotopic (exact) mass is 411 g/mol. The highest BCUT2D eigenvalue weighted by Crippen LogP contribution is 2.33. The Morgan fingerprint density at radius 1 is 1.10 bits per heavy atom. The quantitative estimate of drug-likeness (QED) is 0.489. The summed E-state index contributed by atoms with van der Waals surface area (Å²) in [5, 5.41) is 0.616. The topological polar surface area (TPSA) is 81.0 Å². The van der Waals surface area contributed by atoms with E-state index >= 15 is 0 Å². The molecule has 0 saturated heterocycles. The van der Waals surface area contributed by atoms with E-state index in [2.05, 4.69) is 9.97 Å². The van der Waals surface area contributed by atoms with Crippen molar-refractivity contribution in [3.63, 3.8) is 0 Å². The van der Waals surface area contributed by atoms with Crippen LogP contribution >= 0.6 is 0 Å². The maximum Gasteiger partial charge on any atom is 0.416 e. The number of alkyl halides is 3. The number of nitrogens with two attached hydrogens (primary N) is 1. The van der Waals surface area contributed by atoms with Gasteiger partial charge < -0.3 is 15.5 Å². The SMILES string of the molecule is NC(=O)c1nccc2[nH]cc(-c3cccc(OCc4ccc(C(F)(F)F)cc4)c3)c12. The zero-order valence-corrected chi connectivity index (χ0v) is 15.5. The maximum absolute atomic E-state index is 12.7. The van der Waals surface area contributed by atoms with E-state index in [0.29, 0.717) is 16.7 Å². The third-order valence-corrected chi connectivity index (χ3v) is 4.66. The first kappa shape index (κ1) is 19.5. The number of nitrogens with one attached hydrogen (secondary N) is 1. The zero-order valence-electron chi connectivity index (χ0n) is 15.5. The summed E-state index contributed by atoms with van der Waals surface area (Å²) in [4.78, 5) is 18.9. The number of halogens is 3. The number of hydrogen-bond acceptors (Lipinski definition) is 3. The lowest BCUT2D eigenvalue weighted by Gasteiger charge is -2.10. The fraction of sp³-hybridized carbons (Fsp3) is 0.0909. The summed E-state index contributed by atoms with van der Waals surface area (Å²) in [5.74, 6) is -0.0950. The molecule has 0 bridgehead atoms. The van der Waals surface area contributed by atoms with Gasteiger partial charge in [-0.3, -0.25) is 9.78 Å². The molecule has 0 spiro atoms. The van der Waals surface area contributed by atoms with E-state index in [1.807, 2.05) is 6.07 Å². The fourth-order valence-corrected chi connectivity index (χ4v) is 3.20. The van der Waals surface area contributed by atoms with E-state index in [1.54, 1.807) is 30.5 Å². The van der Waals surface area contributed by atoms with Gasteiger partial charge in [0.2, 0.25) is 0 Å². The normalized spacial score (nSPS) is 11.6. The minimum absolute atomic E-state index is 0.115. The van der Waals surface area contributed by atoms with Crippen LogP contribution in [0.3, 0.4) is 0 Å². The molecule has 0 atom stereocenters. The molecule has 0 saturated carbocycles. The standard InChI is InChI=1S/C22H16F3N3O2/c23-22(24,25)15-6-4-13(5-7-15)12-30-16-3-1-2-14(10-16)17-11-28-18-8-9-27-20(19(17)18)21(26)29/h1-11,28H,12H2,(H2,26,29). The van der Waals surface area contributed by atoms with Gasteiger partial charge in [0.15, 0.2) is 0 Å². The molecule has 0 aliphatic rings. The number of ether oxygens (including phenoxy) is 1. The van der Waals surface area contributed by atoms with Crippen molar-refractivity contribution in [2.45, 2.75) is 12.8 Å². The molecule has 1 amide bonds. The number of amides is 1. The number of benzene rings is 2. The van der Waals surface area contributed by atoms with Crippen LogP contribution in [0.5, 0.6) is 5.75 Å². The molecule has 2 aromatic carbocycles.